The van der Waals surface area contributed by atoms with Gasteiger partial charge in [-0.3, -0.25) is 5.32 Å². The second-order valence-corrected chi connectivity index (χ2v) is 6.42. The average molecular weight is 240 g/mol. The third kappa shape index (κ3) is 9.14. The number of nitrogens with one attached hydrogen (secondary N) is 1. The van der Waals surface area contributed by atoms with Crippen molar-refractivity contribution >= 4 is 0 Å². The van der Waals surface area contributed by atoms with E-state index in [2.05, 4.69) is 46.0 Å². The summed E-state index contributed by atoms with van der Waals surface area (Å²) in [7, 11) is 0. The maximum Gasteiger partial charge on any atom is 0.106 e. The van der Waals surface area contributed by atoms with Gasteiger partial charge < -0.3 is 4.74 Å². The molecule has 0 saturated heterocycles. The summed E-state index contributed by atoms with van der Waals surface area (Å²) in [6.07, 6.45) is 1.78. The minimum absolute atomic E-state index is 0.314. The molecule has 1 unspecified atom stereocenters. The summed E-state index contributed by atoms with van der Waals surface area (Å²) in [6.45, 7) is 14.1. The highest BCUT2D eigenvalue weighted by Gasteiger charge is 2.23. The fraction of sp³-hybridized carbons (Fsp3) is 0.929. The molecule has 0 aliphatic carbocycles. The topological polar surface area (TPSA) is 45.0 Å². The van der Waals surface area contributed by atoms with Crippen LogP contribution in [-0.2, 0) is 4.74 Å². The van der Waals surface area contributed by atoms with E-state index in [0.717, 1.165) is 19.4 Å². The summed E-state index contributed by atoms with van der Waals surface area (Å²) in [6, 6.07) is 2.64. The van der Waals surface area contributed by atoms with Crippen LogP contribution >= 0.6 is 0 Å². The van der Waals surface area contributed by atoms with E-state index in [1.54, 1.807) is 0 Å². The number of nitrogens with zero attached hydrogens (tertiary/aromatic N) is 1. The molecule has 0 bridgehead atoms. The zero-order valence-corrected chi connectivity index (χ0v) is 12.3. The zero-order chi connectivity index (χ0) is 13.5. The predicted molar refractivity (Wildman–Crippen MR) is 71.8 cm³/mol. The lowest BCUT2D eigenvalue weighted by Gasteiger charge is -2.26. The molecule has 0 aliphatic heterocycles. The fourth-order valence-corrected chi connectivity index (χ4v) is 1.55. The lowest BCUT2D eigenvalue weighted by molar-refractivity contribution is 0.0949. The maximum absolute atomic E-state index is 9.15. The Hall–Kier alpha value is -0.590. The van der Waals surface area contributed by atoms with Gasteiger partial charge in [0.1, 0.15) is 5.54 Å². The lowest BCUT2D eigenvalue weighted by atomic mass is 9.93. The fourth-order valence-electron chi connectivity index (χ4n) is 1.55. The molecule has 0 aromatic heterocycles. The Morgan fingerprint density at radius 2 is 1.65 bits per heavy atom. The molecule has 17 heavy (non-hydrogen) atoms. The van der Waals surface area contributed by atoms with Crippen LogP contribution in [0.15, 0.2) is 0 Å². The molecule has 0 fully saturated rings. The van der Waals surface area contributed by atoms with Crippen LogP contribution in [-0.4, -0.2) is 24.8 Å². The Bertz CT molecular complexity index is 250. The monoisotopic (exact) mass is 240 g/mol. The molecule has 3 nitrogen and oxygen atoms in total. The molecular formula is C14H28N2O. The second-order valence-electron chi connectivity index (χ2n) is 6.42. The molecule has 1 N–H and O–H groups in total. The van der Waals surface area contributed by atoms with Crippen molar-refractivity contribution in [2.45, 2.75) is 66.0 Å². The average Bonchev–Trinajstić information content (AvgIpc) is 2.14. The van der Waals surface area contributed by atoms with Crippen molar-refractivity contribution in [2.24, 2.45) is 5.41 Å². The predicted octanol–water partition coefficient (Wildman–Crippen LogP) is 3.11. The highest BCUT2D eigenvalue weighted by Crippen LogP contribution is 2.18. The van der Waals surface area contributed by atoms with Crippen LogP contribution in [0.2, 0.25) is 0 Å². The van der Waals surface area contributed by atoms with Crippen molar-refractivity contribution in [3.05, 3.63) is 0 Å². The molecular weight excluding hydrogens is 212 g/mol. The molecule has 0 radical (unpaired) electrons. The molecule has 100 valence electrons. The normalized spacial score (nSPS) is 15.6. The Balaban J connectivity index is 3.82. The molecule has 0 heterocycles. The van der Waals surface area contributed by atoms with Crippen LogP contribution < -0.4 is 5.32 Å². The summed E-state index contributed by atoms with van der Waals surface area (Å²) >= 11 is 0. The minimum Gasteiger partial charge on any atom is -0.381 e. The highest BCUT2D eigenvalue weighted by molar-refractivity contribution is 5.04. The number of rotatable bonds is 7. The van der Waals surface area contributed by atoms with E-state index in [-0.39, 0.29) is 0 Å². The molecule has 0 spiro atoms. The van der Waals surface area contributed by atoms with Gasteiger partial charge >= 0.3 is 0 Å². The summed E-state index contributed by atoms with van der Waals surface area (Å²) in [4.78, 5) is 0. The second kappa shape index (κ2) is 6.98. The van der Waals surface area contributed by atoms with E-state index in [1.165, 1.54) is 0 Å². The first-order valence-corrected chi connectivity index (χ1v) is 6.45. The smallest absolute Gasteiger partial charge is 0.106 e. The molecule has 0 aliphatic rings. The first-order chi connectivity index (χ1) is 7.68. The number of nitriles is 1. The van der Waals surface area contributed by atoms with Gasteiger partial charge in [-0.1, -0.05) is 20.8 Å². The third-order valence-corrected chi connectivity index (χ3v) is 2.60. The molecule has 0 aromatic carbocycles. The van der Waals surface area contributed by atoms with Crippen molar-refractivity contribution in [1.29, 1.82) is 5.26 Å². The number of hydrogen-bond donors (Lipinski definition) is 1. The number of hydrogen-bond acceptors (Lipinski definition) is 3. The van der Waals surface area contributed by atoms with Gasteiger partial charge in [-0.25, -0.2) is 0 Å². The van der Waals surface area contributed by atoms with Crippen LogP contribution in [0, 0.1) is 16.7 Å². The van der Waals surface area contributed by atoms with E-state index in [4.69, 9.17) is 10.00 Å². The molecule has 3 heteroatoms. The van der Waals surface area contributed by atoms with E-state index in [9.17, 15) is 0 Å². The van der Waals surface area contributed by atoms with Gasteiger partial charge in [-0.15, -0.1) is 0 Å². The zero-order valence-electron chi connectivity index (χ0n) is 12.3. The number of ether oxygens (including phenoxy) is 1. The SMILES string of the molecule is CC(C)NC(C)(C#N)CCOCCC(C)(C)C. The summed E-state index contributed by atoms with van der Waals surface area (Å²) in [5.74, 6) is 0. The largest absolute Gasteiger partial charge is 0.381 e. The molecule has 1 atom stereocenters. The first-order valence-electron chi connectivity index (χ1n) is 6.45. The van der Waals surface area contributed by atoms with Crippen molar-refractivity contribution < 1.29 is 4.74 Å². The van der Waals surface area contributed by atoms with Gasteiger partial charge in [-0.2, -0.15) is 5.26 Å². The first kappa shape index (κ1) is 16.4. The summed E-state index contributed by atoms with van der Waals surface area (Å²) in [5, 5.41) is 12.4. The van der Waals surface area contributed by atoms with Gasteiger partial charge in [0.2, 0.25) is 0 Å². The van der Waals surface area contributed by atoms with Crippen LogP contribution in [0.25, 0.3) is 0 Å². The van der Waals surface area contributed by atoms with Crippen molar-refractivity contribution in [3.63, 3.8) is 0 Å². The Morgan fingerprint density at radius 1 is 1.12 bits per heavy atom. The van der Waals surface area contributed by atoms with E-state index < -0.39 is 5.54 Å². The van der Waals surface area contributed by atoms with Crippen molar-refractivity contribution in [1.82, 2.24) is 5.32 Å². The standard InChI is InChI=1S/C14H28N2O/c1-12(2)16-14(6,11-15)8-10-17-9-7-13(3,4)5/h12,16H,7-10H2,1-6H3. The molecule has 0 aromatic rings. The van der Waals surface area contributed by atoms with E-state index in [0.29, 0.717) is 18.1 Å². The summed E-state index contributed by atoms with van der Waals surface area (Å²) < 4.78 is 5.60. The molecule has 0 rings (SSSR count). The third-order valence-electron chi connectivity index (χ3n) is 2.60. The van der Waals surface area contributed by atoms with Gasteiger partial charge in [0.25, 0.3) is 0 Å². The minimum atomic E-state index is -0.476. The maximum atomic E-state index is 9.15. The van der Waals surface area contributed by atoms with Crippen LogP contribution in [0.5, 0.6) is 0 Å². The molecule has 0 amide bonds. The quantitative estimate of drug-likeness (QED) is 0.695. The Morgan fingerprint density at radius 3 is 2.06 bits per heavy atom. The van der Waals surface area contributed by atoms with E-state index in [1.807, 2.05) is 6.92 Å². The highest BCUT2D eigenvalue weighted by atomic mass is 16.5. The van der Waals surface area contributed by atoms with Crippen molar-refractivity contribution in [3.8, 4) is 6.07 Å². The van der Waals surface area contributed by atoms with Gasteiger partial charge in [0, 0.05) is 25.7 Å². The van der Waals surface area contributed by atoms with Crippen LogP contribution in [0.3, 0.4) is 0 Å². The van der Waals surface area contributed by atoms with Gasteiger partial charge in [-0.05, 0) is 32.6 Å². The summed E-state index contributed by atoms with van der Waals surface area (Å²) in [5.41, 5.74) is -0.162. The Labute approximate surface area is 107 Å². The lowest BCUT2D eigenvalue weighted by Crippen LogP contribution is -2.45. The van der Waals surface area contributed by atoms with E-state index >= 15 is 0 Å². The molecule has 0 saturated carbocycles. The van der Waals surface area contributed by atoms with Crippen LogP contribution in [0.1, 0.15) is 54.4 Å². The Kier molecular flexibility index (Phi) is 6.74. The van der Waals surface area contributed by atoms with Gasteiger partial charge in [0.05, 0.1) is 6.07 Å². The van der Waals surface area contributed by atoms with Gasteiger partial charge in [0.15, 0.2) is 0 Å². The van der Waals surface area contributed by atoms with Crippen molar-refractivity contribution in [2.75, 3.05) is 13.2 Å². The van der Waals surface area contributed by atoms with Crippen LogP contribution in [0.4, 0.5) is 0 Å².